The number of fused-ring (bicyclic) bond motifs is 1. The number of pyridine rings is 1. The van der Waals surface area contributed by atoms with Crippen LogP contribution in [0.15, 0.2) is 17.4 Å². The largest absolute Gasteiger partial charge is 0.417 e. The van der Waals surface area contributed by atoms with Crippen molar-refractivity contribution in [2.24, 2.45) is 0 Å². The molecule has 0 aliphatic carbocycles. The Bertz CT molecular complexity index is 735. The van der Waals surface area contributed by atoms with E-state index in [4.69, 9.17) is 11.6 Å². The first-order valence-corrected chi connectivity index (χ1v) is 8.62. The Morgan fingerprint density at radius 2 is 2.17 bits per heavy atom. The Labute approximate surface area is 146 Å². The summed E-state index contributed by atoms with van der Waals surface area (Å²) in [5.74, 6) is -0.182. The molecule has 132 valence electrons. The third kappa shape index (κ3) is 4.54. The summed E-state index contributed by atoms with van der Waals surface area (Å²) in [5.41, 5.74) is -0.783. The van der Waals surface area contributed by atoms with Gasteiger partial charge in [-0.3, -0.25) is 9.20 Å². The second-order valence-electron chi connectivity index (χ2n) is 5.30. The second-order valence-corrected chi connectivity index (χ2v) is 6.65. The first-order valence-electron chi connectivity index (χ1n) is 7.26. The first-order chi connectivity index (χ1) is 11.2. The van der Waals surface area contributed by atoms with Crippen molar-refractivity contribution in [1.82, 2.24) is 19.9 Å². The number of thioether (sulfide) groups is 1. The van der Waals surface area contributed by atoms with E-state index in [2.05, 4.69) is 15.5 Å². The molecule has 2 heterocycles. The van der Waals surface area contributed by atoms with E-state index in [1.807, 2.05) is 13.8 Å². The molecule has 5 nitrogen and oxygen atoms in total. The lowest BCUT2D eigenvalue weighted by molar-refractivity contribution is -0.137. The molecular formula is C14H16ClF3N4OS. The fourth-order valence-electron chi connectivity index (χ4n) is 2.14. The van der Waals surface area contributed by atoms with Crippen LogP contribution in [0.5, 0.6) is 0 Å². The van der Waals surface area contributed by atoms with Crippen molar-refractivity contribution < 1.29 is 18.0 Å². The summed E-state index contributed by atoms with van der Waals surface area (Å²) in [7, 11) is 0. The number of alkyl halides is 3. The number of amides is 1. The van der Waals surface area contributed by atoms with Crippen LogP contribution in [0.2, 0.25) is 5.02 Å². The van der Waals surface area contributed by atoms with Gasteiger partial charge in [-0.1, -0.05) is 36.7 Å². The number of carbonyl (C=O) groups is 1. The Morgan fingerprint density at radius 3 is 2.79 bits per heavy atom. The quantitative estimate of drug-likeness (QED) is 0.774. The van der Waals surface area contributed by atoms with Gasteiger partial charge in [0.15, 0.2) is 10.8 Å². The van der Waals surface area contributed by atoms with Gasteiger partial charge in [-0.25, -0.2) is 0 Å². The number of rotatable bonds is 6. The fraction of sp³-hybridized carbons (Fsp3) is 0.500. The summed E-state index contributed by atoms with van der Waals surface area (Å²) in [6.45, 7) is 3.91. The Kier molecular flexibility index (Phi) is 5.97. The van der Waals surface area contributed by atoms with Gasteiger partial charge in [-0.2, -0.15) is 13.2 Å². The number of hydrogen-bond donors (Lipinski definition) is 1. The van der Waals surface area contributed by atoms with E-state index in [0.717, 1.165) is 41.3 Å². The summed E-state index contributed by atoms with van der Waals surface area (Å²) in [4.78, 5) is 11.9. The minimum atomic E-state index is -4.53. The smallest absolute Gasteiger partial charge is 0.353 e. The molecule has 2 rings (SSSR count). The van der Waals surface area contributed by atoms with Gasteiger partial charge in [0.25, 0.3) is 0 Å². The predicted molar refractivity (Wildman–Crippen MR) is 86.2 cm³/mol. The molecule has 1 atom stereocenters. The van der Waals surface area contributed by atoms with Crippen LogP contribution in [-0.2, 0) is 11.0 Å². The third-order valence-corrected chi connectivity index (χ3v) is 4.44. The van der Waals surface area contributed by atoms with E-state index in [-0.39, 0.29) is 33.5 Å². The molecule has 0 aromatic carbocycles. The van der Waals surface area contributed by atoms with Gasteiger partial charge in [-0.05, 0) is 19.4 Å². The van der Waals surface area contributed by atoms with Gasteiger partial charge in [0, 0.05) is 12.2 Å². The van der Waals surface area contributed by atoms with Crippen LogP contribution in [-0.4, -0.2) is 32.3 Å². The molecule has 0 bridgehead atoms. The zero-order chi connectivity index (χ0) is 17.9. The van der Waals surface area contributed by atoms with Crippen molar-refractivity contribution in [1.29, 1.82) is 0 Å². The van der Waals surface area contributed by atoms with Crippen LogP contribution in [0.1, 0.15) is 32.3 Å². The van der Waals surface area contributed by atoms with Crippen molar-refractivity contribution in [2.45, 2.75) is 44.1 Å². The van der Waals surface area contributed by atoms with Crippen molar-refractivity contribution in [3.05, 3.63) is 22.8 Å². The topological polar surface area (TPSA) is 59.3 Å². The maximum atomic E-state index is 12.9. The summed E-state index contributed by atoms with van der Waals surface area (Å²) in [6.07, 6.45) is -1.85. The molecule has 2 aromatic heterocycles. The third-order valence-electron chi connectivity index (χ3n) is 3.22. The Morgan fingerprint density at radius 1 is 1.46 bits per heavy atom. The molecule has 0 saturated heterocycles. The van der Waals surface area contributed by atoms with E-state index in [9.17, 15) is 18.0 Å². The average molecular weight is 381 g/mol. The standard InChI is InChI=1S/C14H16ClF3N4OS/c1-3-4-8(2)19-11(23)7-24-13-21-20-12-10(15)5-9(6-22(12)13)14(16,17)18/h5-6,8H,3-4,7H2,1-2H3,(H,19,23)/t8-/m1/s1. The van der Waals surface area contributed by atoms with Crippen LogP contribution in [0, 0.1) is 0 Å². The van der Waals surface area contributed by atoms with Gasteiger partial charge in [0.2, 0.25) is 5.91 Å². The van der Waals surface area contributed by atoms with Gasteiger partial charge in [0.05, 0.1) is 16.3 Å². The SMILES string of the molecule is CCC[C@@H](C)NC(=O)CSc1nnc2c(Cl)cc(C(F)(F)F)cn12. The summed E-state index contributed by atoms with van der Waals surface area (Å²) < 4.78 is 39.8. The van der Waals surface area contributed by atoms with Crippen molar-refractivity contribution in [3.8, 4) is 0 Å². The van der Waals surface area contributed by atoms with Crippen molar-refractivity contribution >= 4 is 34.9 Å². The predicted octanol–water partition coefficient (Wildman–Crippen LogP) is 3.80. The molecule has 1 N–H and O–H groups in total. The summed E-state index contributed by atoms with van der Waals surface area (Å²) in [6, 6.07) is 0.851. The lowest BCUT2D eigenvalue weighted by Crippen LogP contribution is -2.33. The molecule has 0 spiro atoms. The van der Waals surface area contributed by atoms with Crippen molar-refractivity contribution in [2.75, 3.05) is 5.75 Å². The minimum absolute atomic E-state index is 0.0305. The van der Waals surface area contributed by atoms with Crippen LogP contribution < -0.4 is 5.32 Å². The van der Waals surface area contributed by atoms with Crippen LogP contribution in [0.25, 0.3) is 5.65 Å². The molecule has 0 saturated carbocycles. The van der Waals surface area contributed by atoms with Gasteiger partial charge in [0.1, 0.15) is 0 Å². The maximum absolute atomic E-state index is 12.9. The van der Waals surface area contributed by atoms with Gasteiger partial charge < -0.3 is 5.32 Å². The van der Waals surface area contributed by atoms with Crippen LogP contribution >= 0.6 is 23.4 Å². The molecule has 10 heteroatoms. The molecule has 0 radical (unpaired) electrons. The van der Waals surface area contributed by atoms with E-state index < -0.39 is 11.7 Å². The molecular weight excluding hydrogens is 365 g/mol. The maximum Gasteiger partial charge on any atom is 0.417 e. The Hall–Kier alpha value is -1.48. The highest BCUT2D eigenvalue weighted by atomic mass is 35.5. The molecule has 0 aliphatic heterocycles. The Balaban J connectivity index is 2.15. The number of carbonyl (C=O) groups excluding carboxylic acids is 1. The average Bonchev–Trinajstić information content (AvgIpc) is 2.88. The summed E-state index contributed by atoms with van der Waals surface area (Å²) >= 11 is 6.84. The normalized spacial score (nSPS) is 13.2. The number of halogens is 4. The van der Waals surface area contributed by atoms with Crippen LogP contribution in [0.3, 0.4) is 0 Å². The first kappa shape index (κ1) is 18.9. The van der Waals surface area contributed by atoms with Crippen molar-refractivity contribution in [3.63, 3.8) is 0 Å². The zero-order valence-corrected chi connectivity index (χ0v) is 14.6. The number of nitrogens with one attached hydrogen (secondary N) is 1. The minimum Gasteiger partial charge on any atom is -0.353 e. The highest BCUT2D eigenvalue weighted by Gasteiger charge is 2.32. The lowest BCUT2D eigenvalue weighted by Gasteiger charge is -2.12. The molecule has 24 heavy (non-hydrogen) atoms. The number of hydrogen-bond acceptors (Lipinski definition) is 4. The zero-order valence-electron chi connectivity index (χ0n) is 13.0. The second kappa shape index (κ2) is 7.60. The molecule has 2 aromatic rings. The molecule has 0 fully saturated rings. The van der Waals surface area contributed by atoms with E-state index in [0.29, 0.717) is 0 Å². The highest BCUT2D eigenvalue weighted by molar-refractivity contribution is 7.99. The van der Waals surface area contributed by atoms with Crippen LogP contribution in [0.4, 0.5) is 13.2 Å². The fourth-order valence-corrected chi connectivity index (χ4v) is 3.11. The molecule has 0 unspecified atom stereocenters. The number of nitrogens with zero attached hydrogens (tertiary/aromatic N) is 3. The van der Waals surface area contributed by atoms with E-state index in [1.54, 1.807) is 0 Å². The van der Waals surface area contributed by atoms with E-state index >= 15 is 0 Å². The molecule has 1 amide bonds. The van der Waals surface area contributed by atoms with Gasteiger partial charge in [-0.15, -0.1) is 10.2 Å². The summed E-state index contributed by atoms with van der Waals surface area (Å²) in [5, 5.41) is 10.4. The van der Waals surface area contributed by atoms with Gasteiger partial charge >= 0.3 is 6.18 Å². The highest BCUT2D eigenvalue weighted by Crippen LogP contribution is 2.33. The lowest BCUT2D eigenvalue weighted by atomic mass is 10.2. The molecule has 0 aliphatic rings. The number of aromatic nitrogens is 3. The monoisotopic (exact) mass is 380 g/mol. The van der Waals surface area contributed by atoms with E-state index in [1.165, 1.54) is 0 Å².